The van der Waals surface area contributed by atoms with E-state index in [2.05, 4.69) is 4.99 Å². The predicted octanol–water partition coefficient (Wildman–Crippen LogP) is 3.09. The van der Waals surface area contributed by atoms with Crippen LogP contribution in [0, 0.1) is 0 Å². The van der Waals surface area contributed by atoms with Crippen LogP contribution in [-0.2, 0) is 9.53 Å². The predicted molar refractivity (Wildman–Crippen MR) is 80.0 cm³/mol. The van der Waals surface area contributed by atoms with E-state index >= 15 is 0 Å². The monoisotopic (exact) mass is 267 g/mol. The van der Waals surface area contributed by atoms with Gasteiger partial charge in [0.05, 0.1) is 12.8 Å². The Hall–Kier alpha value is -2.42. The number of methoxy groups -OCH3 is 1. The van der Waals surface area contributed by atoms with E-state index in [-0.39, 0.29) is 5.97 Å². The van der Waals surface area contributed by atoms with Gasteiger partial charge in [-0.15, -0.1) is 0 Å². The van der Waals surface area contributed by atoms with E-state index < -0.39 is 6.04 Å². The molecule has 0 aliphatic carbocycles. The molecule has 0 amide bonds. The van der Waals surface area contributed by atoms with Crippen molar-refractivity contribution in [2.45, 2.75) is 13.0 Å². The summed E-state index contributed by atoms with van der Waals surface area (Å²) in [5.74, 6) is -0.339. The highest BCUT2D eigenvalue weighted by atomic mass is 16.5. The Kier molecular flexibility index (Phi) is 4.66. The first-order valence-electron chi connectivity index (χ1n) is 6.49. The minimum Gasteiger partial charge on any atom is -0.467 e. The van der Waals surface area contributed by atoms with E-state index in [9.17, 15) is 4.79 Å². The van der Waals surface area contributed by atoms with E-state index in [1.807, 2.05) is 60.7 Å². The topological polar surface area (TPSA) is 38.7 Å². The van der Waals surface area contributed by atoms with Gasteiger partial charge in [0.1, 0.15) is 6.04 Å². The highest BCUT2D eigenvalue weighted by Crippen LogP contribution is 2.12. The fourth-order valence-electron chi connectivity index (χ4n) is 1.92. The Balaban J connectivity index is 2.45. The zero-order valence-corrected chi connectivity index (χ0v) is 11.6. The number of esters is 1. The molecular weight excluding hydrogens is 250 g/mol. The lowest BCUT2D eigenvalue weighted by Gasteiger charge is -2.10. The number of carbonyl (C=O) groups is 1. The van der Waals surface area contributed by atoms with E-state index in [0.29, 0.717) is 0 Å². The lowest BCUT2D eigenvalue weighted by molar-refractivity contribution is -0.141. The molecule has 3 nitrogen and oxygen atoms in total. The summed E-state index contributed by atoms with van der Waals surface area (Å²) in [4.78, 5) is 16.1. The molecule has 0 saturated heterocycles. The van der Waals surface area contributed by atoms with Gasteiger partial charge in [-0.25, -0.2) is 4.79 Å². The summed E-state index contributed by atoms with van der Waals surface area (Å²) in [5, 5.41) is 0. The van der Waals surface area contributed by atoms with Crippen LogP contribution in [0.2, 0.25) is 0 Å². The Morgan fingerprint density at radius 3 is 1.80 bits per heavy atom. The van der Waals surface area contributed by atoms with Gasteiger partial charge in [0.25, 0.3) is 0 Å². The maximum atomic E-state index is 11.6. The minimum absolute atomic E-state index is 0.339. The Bertz CT molecular complexity index is 549. The molecule has 0 spiro atoms. The van der Waals surface area contributed by atoms with Gasteiger partial charge < -0.3 is 4.74 Å². The third-order valence-electron chi connectivity index (χ3n) is 2.96. The SMILES string of the molecule is COC(=O)[C@@H](C)N=C(c1ccccc1)c1ccccc1. The molecule has 0 saturated carbocycles. The third-order valence-corrected chi connectivity index (χ3v) is 2.96. The lowest BCUT2D eigenvalue weighted by atomic mass is 10.0. The van der Waals surface area contributed by atoms with Gasteiger partial charge in [-0.3, -0.25) is 4.99 Å². The van der Waals surface area contributed by atoms with Crippen molar-refractivity contribution in [3.8, 4) is 0 Å². The second kappa shape index (κ2) is 6.66. The second-order valence-corrected chi connectivity index (χ2v) is 4.41. The maximum absolute atomic E-state index is 11.6. The number of benzene rings is 2. The summed E-state index contributed by atoms with van der Waals surface area (Å²) in [6, 6.07) is 19.1. The number of carbonyl (C=O) groups excluding carboxylic acids is 1. The summed E-state index contributed by atoms with van der Waals surface area (Å²) in [6.07, 6.45) is 0. The highest BCUT2D eigenvalue weighted by molar-refractivity contribution is 6.13. The quantitative estimate of drug-likeness (QED) is 0.630. The summed E-state index contributed by atoms with van der Waals surface area (Å²) in [7, 11) is 1.37. The second-order valence-electron chi connectivity index (χ2n) is 4.41. The summed E-state index contributed by atoms with van der Waals surface area (Å²) < 4.78 is 4.74. The number of hydrogen-bond acceptors (Lipinski definition) is 3. The minimum atomic E-state index is -0.532. The first-order valence-corrected chi connectivity index (χ1v) is 6.49. The Morgan fingerprint density at radius 1 is 0.950 bits per heavy atom. The zero-order valence-electron chi connectivity index (χ0n) is 11.6. The molecule has 0 fully saturated rings. The van der Waals surface area contributed by atoms with Crippen LogP contribution in [0.15, 0.2) is 65.7 Å². The zero-order chi connectivity index (χ0) is 14.4. The average molecular weight is 267 g/mol. The normalized spacial score (nSPS) is 11.5. The molecule has 2 aromatic carbocycles. The van der Waals surface area contributed by atoms with Crippen LogP contribution < -0.4 is 0 Å². The molecule has 0 N–H and O–H groups in total. The van der Waals surface area contributed by atoms with Crippen molar-refractivity contribution >= 4 is 11.7 Å². The largest absolute Gasteiger partial charge is 0.467 e. The number of rotatable bonds is 4. The van der Waals surface area contributed by atoms with Gasteiger partial charge >= 0.3 is 5.97 Å². The van der Waals surface area contributed by atoms with Gasteiger partial charge in [-0.1, -0.05) is 60.7 Å². The molecule has 0 aliphatic rings. The number of nitrogens with zero attached hydrogens (tertiary/aromatic N) is 1. The number of aliphatic imine (C=N–C) groups is 1. The van der Waals surface area contributed by atoms with Crippen molar-refractivity contribution in [3.63, 3.8) is 0 Å². The first-order chi connectivity index (χ1) is 9.72. The van der Waals surface area contributed by atoms with Crippen molar-refractivity contribution in [2.24, 2.45) is 4.99 Å². The highest BCUT2D eigenvalue weighted by Gasteiger charge is 2.14. The number of ether oxygens (including phenoxy) is 1. The van der Waals surface area contributed by atoms with Crippen molar-refractivity contribution in [2.75, 3.05) is 7.11 Å². The van der Waals surface area contributed by atoms with Crippen LogP contribution in [0.1, 0.15) is 18.1 Å². The molecule has 0 unspecified atom stereocenters. The molecule has 2 rings (SSSR count). The summed E-state index contributed by atoms with van der Waals surface area (Å²) >= 11 is 0. The smallest absolute Gasteiger partial charge is 0.330 e. The first kappa shape index (κ1) is 14.0. The molecule has 3 heteroatoms. The molecular formula is C17H17NO2. The molecule has 0 heterocycles. The third kappa shape index (κ3) is 3.32. The van der Waals surface area contributed by atoms with Gasteiger partial charge in [-0.2, -0.15) is 0 Å². The van der Waals surface area contributed by atoms with Crippen molar-refractivity contribution in [1.82, 2.24) is 0 Å². The lowest BCUT2D eigenvalue weighted by Crippen LogP contribution is -2.19. The van der Waals surface area contributed by atoms with Crippen LogP contribution >= 0.6 is 0 Å². The van der Waals surface area contributed by atoms with Gasteiger partial charge in [0.2, 0.25) is 0 Å². The van der Waals surface area contributed by atoms with E-state index in [0.717, 1.165) is 16.8 Å². The Morgan fingerprint density at radius 2 is 1.40 bits per heavy atom. The van der Waals surface area contributed by atoms with E-state index in [1.54, 1.807) is 6.92 Å². The summed E-state index contributed by atoms with van der Waals surface area (Å²) in [6.45, 7) is 1.73. The van der Waals surface area contributed by atoms with Gasteiger partial charge in [0, 0.05) is 11.1 Å². The molecule has 0 bridgehead atoms. The van der Waals surface area contributed by atoms with Crippen molar-refractivity contribution < 1.29 is 9.53 Å². The van der Waals surface area contributed by atoms with Crippen LogP contribution in [-0.4, -0.2) is 24.8 Å². The Labute approximate surface area is 118 Å². The molecule has 0 aromatic heterocycles. The van der Waals surface area contributed by atoms with Gasteiger partial charge in [-0.05, 0) is 6.92 Å². The average Bonchev–Trinajstić information content (AvgIpc) is 2.53. The maximum Gasteiger partial charge on any atom is 0.330 e. The molecule has 2 aromatic rings. The van der Waals surface area contributed by atoms with E-state index in [4.69, 9.17) is 4.74 Å². The number of hydrogen-bond donors (Lipinski definition) is 0. The summed E-state index contributed by atoms with van der Waals surface area (Å²) in [5.41, 5.74) is 2.76. The molecule has 20 heavy (non-hydrogen) atoms. The molecule has 102 valence electrons. The standard InChI is InChI=1S/C17H17NO2/c1-13(17(19)20-2)18-16(14-9-5-3-6-10-14)15-11-7-4-8-12-15/h3-13H,1-2H3/t13-/m1/s1. The van der Waals surface area contributed by atoms with Crippen molar-refractivity contribution in [1.29, 1.82) is 0 Å². The molecule has 0 aliphatic heterocycles. The van der Waals surface area contributed by atoms with Gasteiger partial charge in [0.15, 0.2) is 0 Å². The van der Waals surface area contributed by atoms with E-state index in [1.165, 1.54) is 7.11 Å². The fourth-order valence-corrected chi connectivity index (χ4v) is 1.92. The molecule has 1 atom stereocenters. The fraction of sp³-hybridized carbons (Fsp3) is 0.176. The van der Waals surface area contributed by atoms with Crippen LogP contribution in [0.3, 0.4) is 0 Å². The van der Waals surface area contributed by atoms with Crippen molar-refractivity contribution in [3.05, 3.63) is 71.8 Å². The van der Waals surface area contributed by atoms with Crippen LogP contribution in [0.25, 0.3) is 0 Å². The molecule has 0 radical (unpaired) electrons. The van der Waals surface area contributed by atoms with Crippen LogP contribution in [0.5, 0.6) is 0 Å². The van der Waals surface area contributed by atoms with Crippen LogP contribution in [0.4, 0.5) is 0 Å².